The van der Waals surface area contributed by atoms with Gasteiger partial charge in [-0.2, -0.15) is 0 Å². The highest BCUT2D eigenvalue weighted by Gasteiger charge is 2.18. The third-order valence-corrected chi connectivity index (χ3v) is 3.92. The number of allylic oxidation sites excluding steroid dienone is 1. The van der Waals surface area contributed by atoms with E-state index in [1.54, 1.807) is 6.08 Å². The fourth-order valence-electron chi connectivity index (χ4n) is 2.57. The third-order valence-electron chi connectivity index (χ3n) is 3.61. The van der Waals surface area contributed by atoms with E-state index in [1.807, 2.05) is 0 Å². The first-order valence-electron chi connectivity index (χ1n) is 6.43. The summed E-state index contributed by atoms with van der Waals surface area (Å²) in [6, 6.07) is 3.94. The molecule has 1 aromatic carbocycles. The molecule has 0 saturated heterocycles. The highest BCUT2D eigenvalue weighted by Crippen LogP contribution is 2.32. The highest BCUT2D eigenvalue weighted by molar-refractivity contribution is 6.19. The molecule has 0 atom stereocenters. The molecule has 0 unspecified atom stereocenters. The van der Waals surface area contributed by atoms with Crippen molar-refractivity contribution in [1.29, 1.82) is 0 Å². The summed E-state index contributed by atoms with van der Waals surface area (Å²) in [7, 11) is 0. The van der Waals surface area contributed by atoms with Crippen molar-refractivity contribution in [2.75, 3.05) is 5.88 Å². The fourth-order valence-corrected chi connectivity index (χ4v) is 2.87. The van der Waals surface area contributed by atoms with Crippen LogP contribution in [0.2, 0.25) is 0 Å². The summed E-state index contributed by atoms with van der Waals surface area (Å²) in [4.78, 5) is 0. The van der Waals surface area contributed by atoms with E-state index < -0.39 is 11.6 Å². The molecule has 0 spiro atoms. The van der Waals surface area contributed by atoms with Gasteiger partial charge >= 0.3 is 0 Å². The van der Waals surface area contributed by atoms with Crippen LogP contribution in [0.15, 0.2) is 23.8 Å². The summed E-state index contributed by atoms with van der Waals surface area (Å²) >= 11 is 5.94. The Balaban J connectivity index is 2.28. The number of hydrogen-bond acceptors (Lipinski definition) is 0. The molecular weight excluding hydrogens is 254 g/mol. The smallest absolute Gasteiger partial charge is 0.133 e. The quantitative estimate of drug-likeness (QED) is 0.665. The van der Waals surface area contributed by atoms with E-state index in [4.69, 9.17) is 11.6 Å². The van der Waals surface area contributed by atoms with Crippen LogP contribution < -0.4 is 0 Å². The van der Waals surface area contributed by atoms with Gasteiger partial charge in [0, 0.05) is 11.4 Å². The van der Waals surface area contributed by atoms with Crippen molar-refractivity contribution in [3.8, 4) is 0 Å². The Bertz CT molecular complexity index is 414. The van der Waals surface area contributed by atoms with Gasteiger partial charge in [0.1, 0.15) is 11.6 Å². The molecule has 2 rings (SSSR count). The van der Waals surface area contributed by atoms with Crippen molar-refractivity contribution < 1.29 is 8.78 Å². The second kappa shape index (κ2) is 6.33. The maximum absolute atomic E-state index is 13.6. The molecule has 0 bridgehead atoms. The van der Waals surface area contributed by atoms with E-state index in [-0.39, 0.29) is 5.56 Å². The first kappa shape index (κ1) is 13.5. The molecule has 1 aromatic rings. The molecule has 0 heterocycles. The lowest BCUT2D eigenvalue weighted by Crippen LogP contribution is -2.10. The van der Waals surface area contributed by atoms with Gasteiger partial charge in [-0.1, -0.05) is 30.9 Å². The summed E-state index contributed by atoms with van der Waals surface area (Å²) < 4.78 is 27.2. The van der Waals surface area contributed by atoms with Gasteiger partial charge in [-0.25, -0.2) is 8.78 Å². The average Bonchev–Trinajstić information content (AvgIpc) is 2.40. The first-order chi connectivity index (χ1) is 8.72. The van der Waals surface area contributed by atoms with Crippen LogP contribution in [0.1, 0.15) is 37.7 Å². The zero-order valence-electron chi connectivity index (χ0n) is 10.3. The van der Waals surface area contributed by atoms with E-state index in [9.17, 15) is 8.78 Å². The lowest BCUT2D eigenvalue weighted by Gasteiger charge is -2.23. The zero-order valence-corrected chi connectivity index (χ0v) is 11.0. The van der Waals surface area contributed by atoms with Crippen LogP contribution in [-0.2, 0) is 0 Å². The SMILES string of the molecule is Fc1cccc(F)c1C=C(CCl)C1CCCCC1. The van der Waals surface area contributed by atoms with Crippen LogP contribution in [0.4, 0.5) is 8.78 Å². The van der Waals surface area contributed by atoms with Crippen molar-refractivity contribution in [1.82, 2.24) is 0 Å². The summed E-state index contributed by atoms with van der Waals surface area (Å²) in [5.74, 6) is -0.310. The maximum atomic E-state index is 13.6. The van der Waals surface area contributed by atoms with Gasteiger partial charge in [0.15, 0.2) is 0 Å². The minimum absolute atomic E-state index is 0.0405. The van der Waals surface area contributed by atoms with Gasteiger partial charge in [-0.15, -0.1) is 11.6 Å². The summed E-state index contributed by atoms with van der Waals surface area (Å²) in [5.41, 5.74) is 0.999. The van der Waals surface area contributed by atoms with Gasteiger partial charge in [0.25, 0.3) is 0 Å². The average molecular weight is 271 g/mol. The Morgan fingerprint density at radius 1 is 1.17 bits per heavy atom. The summed E-state index contributed by atoms with van der Waals surface area (Å²) in [5, 5.41) is 0. The van der Waals surface area contributed by atoms with E-state index in [0.29, 0.717) is 11.8 Å². The Morgan fingerprint density at radius 2 is 1.78 bits per heavy atom. The van der Waals surface area contributed by atoms with Crippen molar-refractivity contribution in [3.05, 3.63) is 41.0 Å². The molecule has 0 radical (unpaired) electrons. The molecule has 3 heteroatoms. The summed E-state index contributed by atoms with van der Waals surface area (Å²) in [6.07, 6.45) is 7.37. The number of halogens is 3. The lowest BCUT2D eigenvalue weighted by molar-refractivity contribution is 0.405. The van der Waals surface area contributed by atoms with Crippen molar-refractivity contribution in [2.45, 2.75) is 32.1 Å². The molecule has 0 amide bonds. The van der Waals surface area contributed by atoms with E-state index in [0.717, 1.165) is 18.4 Å². The minimum atomic E-state index is -0.520. The topological polar surface area (TPSA) is 0 Å². The largest absolute Gasteiger partial charge is 0.206 e. The summed E-state index contributed by atoms with van der Waals surface area (Å²) in [6.45, 7) is 0. The normalized spacial score (nSPS) is 18.1. The Labute approximate surface area is 112 Å². The molecule has 0 N–H and O–H groups in total. The molecule has 0 aromatic heterocycles. The predicted molar refractivity (Wildman–Crippen MR) is 71.6 cm³/mol. The van der Waals surface area contributed by atoms with Crippen molar-refractivity contribution in [3.63, 3.8) is 0 Å². The predicted octanol–water partition coefficient (Wildman–Crippen LogP) is 5.17. The first-order valence-corrected chi connectivity index (χ1v) is 6.96. The third kappa shape index (κ3) is 3.11. The van der Waals surface area contributed by atoms with E-state index in [1.165, 1.54) is 37.5 Å². The molecule has 1 aliphatic carbocycles. The van der Waals surface area contributed by atoms with Gasteiger partial charge < -0.3 is 0 Å². The molecule has 1 aliphatic rings. The molecule has 0 nitrogen and oxygen atoms in total. The number of rotatable bonds is 3. The second-order valence-electron chi connectivity index (χ2n) is 4.82. The Kier molecular flexibility index (Phi) is 4.76. The van der Waals surface area contributed by atoms with Gasteiger partial charge in [0.2, 0.25) is 0 Å². The molecule has 1 saturated carbocycles. The van der Waals surface area contributed by atoms with Crippen molar-refractivity contribution in [2.24, 2.45) is 5.92 Å². The van der Waals surface area contributed by atoms with Crippen LogP contribution in [-0.4, -0.2) is 5.88 Å². The Morgan fingerprint density at radius 3 is 2.33 bits per heavy atom. The fraction of sp³-hybridized carbons (Fsp3) is 0.467. The van der Waals surface area contributed by atoms with Gasteiger partial charge in [-0.3, -0.25) is 0 Å². The maximum Gasteiger partial charge on any atom is 0.133 e. The van der Waals surface area contributed by atoms with Gasteiger partial charge in [-0.05, 0) is 37.0 Å². The number of hydrogen-bond donors (Lipinski definition) is 0. The van der Waals surface area contributed by atoms with E-state index in [2.05, 4.69) is 0 Å². The molecule has 0 aliphatic heterocycles. The number of benzene rings is 1. The Hall–Kier alpha value is -0.890. The number of alkyl halides is 1. The molecular formula is C15H17ClF2. The van der Waals surface area contributed by atoms with Gasteiger partial charge in [0.05, 0.1) is 0 Å². The lowest BCUT2D eigenvalue weighted by atomic mass is 9.83. The van der Waals surface area contributed by atoms with Crippen LogP contribution >= 0.6 is 11.6 Å². The van der Waals surface area contributed by atoms with Crippen LogP contribution in [0.5, 0.6) is 0 Å². The second-order valence-corrected chi connectivity index (χ2v) is 5.09. The molecule has 18 heavy (non-hydrogen) atoms. The van der Waals surface area contributed by atoms with Crippen LogP contribution in [0.25, 0.3) is 6.08 Å². The van der Waals surface area contributed by atoms with Crippen molar-refractivity contribution >= 4 is 17.7 Å². The standard InChI is InChI=1S/C15H17ClF2/c16-10-12(11-5-2-1-3-6-11)9-13-14(17)7-4-8-15(13)18/h4,7-9,11H,1-3,5-6,10H2. The molecule has 98 valence electrons. The van der Waals surface area contributed by atoms with Crippen LogP contribution in [0, 0.1) is 17.6 Å². The molecule has 1 fully saturated rings. The van der Waals surface area contributed by atoms with E-state index >= 15 is 0 Å². The minimum Gasteiger partial charge on any atom is -0.206 e. The zero-order chi connectivity index (χ0) is 13.0. The van der Waals surface area contributed by atoms with Crippen LogP contribution in [0.3, 0.4) is 0 Å². The highest BCUT2D eigenvalue weighted by atomic mass is 35.5. The monoisotopic (exact) mass is 270 g/mol.